The smallest absolute Gasteiger partial charge is 0.129 e. The first-order chi connectivity index (χ1) is 9.51. The maximum absolute atomic E-state index is 14.1. The van der Waals surface area contributed by atoms with E-state index in [4.69, 9.17) is 11.6 Å². The summed E-state index contributed by atoms with van der Waals surface area (Å²) in [5.74, 6) is -0.720. The van der Waals surface area contributed by atoms with E-state index in [-0.39, 0.29) is 5.82 Å². The summed E-state index contributed by atoms with van der Waals surface area (Å²) in [6.45, 7) is 4.38. The van der Waals surface area contributed by atoms with E-state index >= 15 is 0 Å². The first-order valence-electron chi connectivity index (χ1n) is 6.46. The molecular formula is C16H16ClF2N. The quantitative estimate of drug-likeness (QED) is 0.867. The Kier molecular flexibility index (Phi) is 4.73. The second-order valence-electron chi connectivity index (χ2n) is 4.72. The molecule has 1 N–H and O–H groups in total. The summed E-state index contributed by atoms with van der Waals surface area (Å²) in [5.41, 5.74) is 1.96. The van der Waals surface area contributed by atoms with Gasteiger partial charge in [-0.05, 0) is 48.9 Å². The summed E-state index contributed by atoms with van der Waals surface area (Å²) in [5, 5.41) is 3.52. The van der Waals surface area contributed by atoms with Gasteiger partial charge in [0.15, 0.2) is 0 Å². The van der Waals surface area contributed by atoms with E-state index in [2.05, 4.69) is 5.32 Å². The number of halogens is 3. The molecule has 2 aromatic rings. The van der Waals surface area contributed by atoms with Gasteiger partial charge in [-0.25, -0.2) is 8.78 Å². The van der Waals surface area contributed by atoms with Crippen LogP contribution in [0.3, 0.4) is 0 Å². The van der Waals surface area contributed by atoms with Crippen molar-refractivity contribution in [2.45, 2.75) is 19.9 Å². The highest BCUT2D eigenvalue weighted by atomic mass is 35.5. The maximum Gasteiger partial charge on any atom is 0.129 e. The predicted octanol–water partition coefficient (Wildman–Crippen LogP) is 4.63. The number of aryl methyl sites for hydroxylation is 1. The van der Waals surface area contributed by atoms with E-state index in [1.54, 1.807) is 12.1 Å². The molecule has 1 unspecified atom stereocenters. The van der Waals surface area contributed by atoms with E-state index in [1.807, 2.05) is 19.9 Å². The monoisotopic (exact) mass is 295 g/mol. The van der Waals surface area contributed by atoms with Crippen LogP contribution in [-0.2, 0) is 0 Å². The molecule has 2 rings (SSSR count). The van der Waals surface area contributed by atoms with Crippen LogP contribution in [-0.4, -0.2) is 6.54 Å². The summed E-state index contributed by atoms with van der Waals surface area (Å²) in [6.07, 6.45) is 0. The van der Waals surface area contributed by atoms with Crippen LogP contribution in [0.4, 0.5) is 8.78 Å². The highest BCUT2D eigenvalue weighted by Gasteiger charge is 2.18. The van der Waals surface area contributed by atoms with Crippen LogP contribution in [0.2, 0.25) is 5.02 Å². The van der Waals surface area contributed by atoms with Gasteiger partial charge in [0.2, 0.25) is 0 Å². The largest absolute Gasteiger partial charge is 0.306 e. The van der Waals surface area contributed by atoms with Crippen molar-refractivity contribution in [1.82, 2.24) is 5.32 Å². The Balaban J connectivity index is 2.49. The highest BCUT2D eigenvalue weighted by Crippen LogP contribution is 2.27. The molecule has 0 spiro atoms. The summed E-state index contributed by atoms with van der Waals surface area (Å²) >= 11 is 5.77. The average Bonchev–Trinajstić information content (AvgIpc) is 2.35. The first-order valence-corrected chi connectivity index (χ1v) is 6.84. The van der Waals surface area contributed by atoms with Crippen LogP contribution in [0, 0.1) is 18.6 Å². The van der Waals surface area contributed by atoms with Crippen molar-refractivity contribution in [3.8, 4) is 0 Å². The van der Waals surface area contributed by atoms with Crippen LogP contribution in [0.15, 0.2) is 36.4 Å². The third kappa shape index (κ3) is 3.35. The first kappa shape index (κ1) is 14.9. The Morgan fingerprint density at radius 1 is 1.15 bits per heavy atom. The van der Waals surface area contributed by atoms with Crippen LogP contribution >= 0.6 is 11.6 Å². The Morgan fingerprint density at radius 3 is 2.50 bits per heavy atom. The van der Waals surface area contributed by atoms with Crippen molar-refractivity contribution in [3.05, 3.63) is 69.7 Å². The van der Waals surface area contributed by atoms with Crippen molar-refractivity contribution in [2.75, 3.05) is 6.54 Å². The topological polar surface area (TPSA) is 12.0 Å². The lowest BCUT2D eigenvalue weighted by atomic mass is 9.96. The molecular weight excluding hydrogens is 280 g/mol. The molecule has 0 aliphatic carbocycles. The lowest BCUT2D eigenvalue weighted by molar-refractivity contribution is 0.554. The third-order valence-electron chi connectivity index (χ3n) is 3.08. The Bertz CT molecular complexity index is 593. The SMILES string of the molecule is CCNC(c1cc(C)cc(F)c1)c1ccc(Cl)cc1F. The van der Waals surface area contributed by atoms with E-state index < -0.39 is 11.9 Å². The molecule has 0 saturated carbocycles. The third-order valence-corrected chi connectivity index (χ3v) is 3.31. The lowest BCUT2D eigenvalue weighted by Crippen LogP contribution is -2.23. The molecule has 0 bridgehead atoms. The van der Waals surface area contributed by atoms with Gasteiger partial charge in [0.25, 0.3) is 0 Å². The number of hydrogen-bond acceptors (Lipinski definition) is 1. The average molecular weight is 296 g/mol. The van der Waals surface area contributed by atoms with Crippen molar-refractivity contribution < 1.29 is 8.78 Å². The molecule has 2 aromatic carbocycles. The van der Waals surface area contributed by atoms with Gasteiger partial charge in [0.05, 0.1) is 6.04 Å². The lowest BCUT2D eigenvalue weighted by Gasteiger charge is -2.20. The van der Waals surface area contributed by atoms with Crippen molar-refractivity contribution in [1.29, 1.82) is 0 Å². The van der Waals surface area contributed by atoms with Crippen LogP contribution in [0.1, 0.15) is 29.7 Å². The fraction of sp³-hybridized carbons (Fsp3) is 0.250. The van der Waals surface area contributed by atoms with Gasteiger partial charge >= 0.3 is 0 Å². The minimum absolute atomic E-state index is 0.322. The summed E-state index contributed by atoms with van der Waals surface area (Å²) in [7, 11) is 0. The Morgan fingerprint density at radius 2 is 1.90 bits per heavy atom. The molecule has 0 saturated heterocycles. The van der Waals surface area contributed by atoms with Gasteiger partial charge in [-0.2, -0.15) is 0 Å². The summed E-state index contributed by atoms with van der Waals surface area (Å²) in [4.78, 5) is 0. The highest BCUT2D eigenvalue weighted by molar-refractivity contribution is 6.30. The second kappa shape index (κ2) is 6.33. The normalized spacial score (nSPS) is 12.4. The van der Waals surface area contributed by atoms with Crippen molar-refractivity contribution >= 4 is 11.6 Å². The molecule has 0 aliphatic heterocycles. The number of rotatable bonds is 4. The maximum atomic E-state index is 14.1. The molecule has 4 heteroatoms. The summed E-state index contributed by atoms with van der Waals surface area (Å²) in [6, 6.07) is 8.87. The summed E-state index contributed by atoms with van der Waals surface area (Å²) < 4.78 is 27.7. The molecule has 0 aromatic heterocycles. The standard InChI is InChI=1S/C16H16ClF2N/c1-3-20-16(11-6-10(2)7-13(18)8-11)14-5-4-12(17)9-15(14)19/h4-9,16,20H,3H2,1-2H3. The van der Waals surface area contributed by atoms with Gasteiger partial charge in [-0.15, -0.1) is 0 Å². The van der Waals surface area contributed by atoms with Gasteiger partial charge in [-0.3, -0.25) is 0 Å². The Labute approximate surface area is 122 Å². The second-order valence-corrected chi connectivity index (χ2v) is 5.15. The van der Waals surface area contributed by atoms with Crippen LogP contribution < -0.4 is 5.32 Å². The molecule has 0 radical (unpaired) electrons. The zero-order chi connectivity index (χ0) is 14.7. The van der Waals surface area contributed by atoms with Crippen LogP contribution in [0.5, 0.6) is 0 Å². The van der Waals surface area contributed by atoms with Crippen molar-refractivity contribution in [3.63, 3.8) is 0 Å². The zero-order valence-corrected chi connectivity index (χ0v) is 12.1. The molecule has 20 heavy (non-hydrogen) atoms. The molecule has 0 aliphatic rings. The van der Waals surface area contributed by atoms with E-state index in [9.17, 15) is 8.78 Å². The van der Waals surface area contributed by atoms with E-state index in [0.29, 0.717) is 22.7 Å². The van der Waals surface area contributed by atoms with Crippen LogP contribution in [0.25, 0.3) is 0 Å². The number of hydrogen-bond donors (Lipinski definition) is 1. The fourth-order valence-corrected chi connectivity index (χ4v) is 2.44. The molecule has 1 nitrogen and oxygen atoms in total. The molecule has 106 valence electrons. The zero-order valence-electron chi connectivity index (χ0n) is 11.4. The van der Waals surface area contributed by atoms with Gasteiger partial charge in [0.1, 0.15) is 11.6 Å². The minimum atomic E-state index is -0.398. The number of benzene rings is 2. The predicted molar refractivity (Wildman–Crippen MR) is 78.1 cm³/mol. The van der Waals surface area contributed by atoms with Gasteiger partial charge in [-0.1, -0.05) is 30.7 Å². The Hall–Kier alpha value is -1.45. The minimum Gasteiger partial charge on any atom is -0.306 e. The fourth-order valence-electron chi connectivity index (χ4n) is 2.28. The van der Waals surface area contributed by atoms with Crippen molar-refractivity contribution in [2.24, 2.45) is 0 Å². The van der Waals surface area contributed by atoms with E-state index in [1.165, 1.54) is 18.2 Å². The molecule has 0 amide bonds. The van der Waals surface area contributed by atoms with Gasteiger partial charge < -0.3 is 5.32 Å². The molecule has 0 fully saturated rings. The van der Waals surface area contributed by atoms with E-state index in [0.717, 1.165) is 5.56 Å². The van der Waals surface area contributed by atoms with Gasteiger partial charge in [0, 0.05) is 10.6 Å². The molecule has 0 heterocycles. The molecule has 1 atom stereocenters. The number of nitrogens with one attached hydrogen (secondary N) is 1.